The van der Waals surface area contributed by atoms with Crippen molar-refractivity contribution < 1.29 is 14.3 Å². The highest BCUT2D eigenvalue weighted by Gasteiger charge is 2.44. The van der Waals surface area contributed by atoms with Crippen molar-refractivity contribution in [1.29, 1.82) is 0 Å². The van der Waals surface area contributed by atoms with E-state index in [1.54, 1.807) is 0 Å². The number of carbonyl (C=O) groups is 1. The predicted octanol–water partition coefficient (Wildman–Crippen LogP) is 3.11. The first-order chi connectivity index (χ1) is 10.8. The van der Waals surface area contributed by atoms with Crippen LogP contribution in [0.2, 0.25) is 0 Å². The maximum absolute atomic E-state index is 12.2. The molecule has 0 radical (unpaired) electrons. The number of hydrogen-bond acceptors (Lipinski definition) is 5. The van der Waals surface area contributed by atoms with E-state index in [0.29, 0.717) is 17.7 Å². The molecule has 1 aromatic heterocycles. The van der Waals surface area contributed by atoms with Crippen LogP contribution in [0.5, 0.6) is 5.88 Å². The number of fused-ring (bicyclic) bond motifs is 1. The number of hydrogen-bond donors (Lipinski definition) is 0. The molecule has 0 aromatic carbocycles. The van der Waals surface area contributed by atoms with Gasteiger partial charge in [-0.05, 0) is 74.1 Å². The Morgan fingerprint density at radius 2 is 1.87 bits per heavy atom. The molecule has 0 spiro atoms. The molecule has 1 saturated carbocycles. The first-order valence-corrected chi connectivity index (χ1v) is 9.02. The molecule has 1 aromatic rings. The molecule has 1 aliphatic heterocycles. The van der Waals surface area contributed by atoms with Gasteiger partial charge < -0.3 is 14.4 Å². The fourth-order valence-corrected chi connectivity index (χ4v) is 3.64. The van der Waals surface area contributed by atoms with Gasteiger partial charge in [-0.25, -0.2) is 4.79 Å². The van der Waals surface area contributed by atoms with E-state index in [-0.39, 0.29) is 12.2 Å². The summed E-state index contributed by atoms with van der Waals surface area (Å²) in [6.45, 7) is 7.21. The molecule has 0 N–H and O–H groups in total. The first-order valence-electron chi connectivity index (χ1n) is 7.94. The first kappa shape index (κ1) is 16.7. The van der Waals surface area contributed by atoms with E-state index in [4.69, 9.17) is 9.47 Å². The number of carbonyl (C=O) groups excluding carboxylic acids is 1. The van der Waals surface area contributed by atoms with Gasteiger partial charge >= 0.3 is 6.09 Å². The molecular formula is C16H22IN3O3. The Balaban J connectivity index is 1.51. The van der Waals surface area contributed by atoms with Gasteiger partial charge in [-0.1, -0.05) is 0 Å². The monoisotopic (exact) mass is 431 g/mol. The topological polar surface area (TPSA) is 64.5 Å². The second-order valence-corrected chi connectivity index (χ2v) is 8.42. The van der Waals surface area contributed by atoms with Crippen molar-refractivity contribution in [3.63, 3.8) is 0 Å². The summed E-state index contributed by atoms with van der Waals surface area (Å²) in [7, 11) is 0. The normalized spacial score (nSPS) is 27.0. The lowest BCUT2D eigenvalue weighted by Crippen LogP contribution is -2.36. The molecule has 1 saturated heterocycles. The summed E-state index contributed by atoms with van der Waals surface area (Å²) in [4.78, 5) is 14.0. The second-order valence-electron chi connectivity index (χ2n) is 7.31. The zero-order chi connectivity index (χ0) is 16.6. The van der Waals surface area contributed by atoms with Gasteiger partial charge in [0.15, 0.2) is 0 Å². The maximum Gasteiger partial charge on any atom is 0.410 e. The van der Waals surface area contributed by atoms with Crippen LogP contribution in [-0.4, -0.2) is 46.0 Å². The third-order valence-electron chi connectivity index (χ3n) is 4.25. The summed E-state index contributed by atoms with van der Waals surface area (Å²) in [5, 5.41) is 8.06. The molecule has 3 rings (SSSR count). The molecule has 1 aliphatic carbocycles. The van der Waals surface area contributed by atoms with Crippen LogP contribution in [0, 0.1) is 15.5 Å². The SMILES string of the molecule is CC(C)(C)OC(=O)N1C[C@H]2CC(Oc3ccc(I)nn3)C[C@H]2C1. The number of aromatic nitrogens is 2. The van der Waals surface area contributed by atoms with Gasteiger partial charge in [0, 0.05) is 19.2 Å². The van der Waals surface area contributed by atoms with Gasteiger partial charge in [-0.3, -0.25) is 0 Å². The fourth-order valence-electron chi connectivity index (χ4n) is 3.35. The average Bonchev–Trinajstić information content (AvgIpc) is 2.97. The Bertz CT molecular complexity index is 559. The van der Waals surface area contributed by atoms with Crippen molar-refractivity contribution in [2.45, 2.75) is 45.3 Å². The highest BCUT2D eigenvalue weighted by Crippen LogP contribution is 2.39. The van der Waals surface area contributed by atoms with E-state index < -0.39 is 5.60 Å². The van der Waals surface area contributed by atoms with Gasteiger partial charge in [-0.2, -0.15) is 0 Å². The Labute approximate surface area is 150 Å². The highest BCUT2D eigenvalue weighted by molar-refractivity contribution is 14.1. The molecule has 1 unspecified atom stereocenters. The van der Waals surface area contributed by atoms with Crippen LogP contribution in [0.1, 0.15) is 33.6 Å². The lowest BCUT2D eigenvalue weighted by atomic mass is 10.0. The van der Waals surface area contributed by atoms with Crippen molar-refractivity contribution in [2.75, 3.05) is 13.1 Å². The zero-order valence-corrected chi connectivity index (χ0v) is 15.8. The molecule has 2 aliphatic rings. The van der Waals surface area contributed by atoms with Crippen LogP contribution >= 0.6 is 22.6 Å². The molecular weight excluding hydrogens is 409 g/mol. The van der Waals surface area contributed by atoms with E-state index in [9.17, 15) is 4.79 Å². The summed E-state index contributed by atoms with van der Waals surface area (Å²) in [5.74, 6) is 1.56. The standard InChI is InChI=1S/C16H22IN3O3/c1-16(2,3)23-15(21)20-8-10-6-12(7-11(10)9-20)22-14-5-4-13(17)18-19-14/h4-5,10-12H,6-9H2,1-3H3/t10-,11+,12?. The van der Waals surface area contributed by atoms with Gasteiger partial charge in [0.1, 0.15) is 15.4 Å². The summed E-state index contributed by atoms with van der Waals surface area (Å²) in [6.07, 6.45) is 1.88. The van der Waals surface area contributed by atoms with Crippen molar-refractivity contribution in [1.82, 2.24) is 15.1 Å². The number of amides is 1. The molecule has 2 heterocycles. The molecule has 0 bridgehead atoms. The highest BCUT2D eigenvalue weighted by atomic mass is 127. The largest absolute Gasteiger partial charge is 0.473 e. The van der Waals surface area contributed by atoms with E-state index in [1.807, 2.05) is 37.8 Å². The molecule has 1 amide bonds. The van der Waals surface area contributed by atoms with Crippen LogP contribution in [0.25, 0.3) is 0 Å². The van der Waals surface area contributed by atoms with E-state index >= 15 is 0 Å². The zero-order valence-electron chi connectivity index (χ0n) is 13.7. The Kier molecular flexibility index (Phi) is 4.66. The Hall–Kier alpha value is -1.12. The molecule has 126 valence electrons. The smallest absolute Gasteiger partial charge is 0.410 e. The Morgan fingerprint density at radius 3 is 2.39 bits per heavy atom. The fraction of sp³-hybridized carbons (Fsp3) is 0.688. The summed E-state index contributed by atoms with van der Waals surface area (Å²) >= 11 is 2.12. The van der Waals surface area contributed by atoms with Gasteiger partial charge in [0.2, 0.25) is 5.88 Å². The lowest BCUT2D eigenvalue weighted by Gasteiger charge is -2.25. The minimum atomic E-state index is -0.441. The van der Waals surface area contributed by atoms with Crippen molar-refractivity contribution >= 4 is 28.7 Å². The van der Waals surface area contributed by atoms with Crippen LogP contribution in [0.15, 0.2) is 12.1 Å². The van der Waals surface area contributed by atoms with Crippen LogP contribution in [0.4, 0.5) is 4.79 Å². The van der Waals surface area contributed by atoms with Gasteiger partial charge in [0.05, 0.1) is 0 Å². The predicted molar refractivity (Wildman–Crippen MR) is 93.2 cm³/mol. The average molecular weight is 431 g/mol. The van der Waals surface area contributed by atoms with Crippen LogP contribution in [0.3, 0.4) is 0 Å². The van der Waals surface area contributed by atoms with Crippen molar-refractivity contribution in [2.24, 2.45) is 11.8 Å². The lowest BCUT2D eigenvalue weighted by molar-refractivity contribution is 0.0271. The summed E-state index contributed by atoms with van der Waals surface area (Å²) in [5.41, 5.74) is -0.441. The van der Waals surface area contributed by atoms with E-state index in [0.717, 1.165) is 29.6 Å². The van der Waals surface area contributed by atoms with Gasteiger partial charge in [-0.15, -0.1) is 10.2 Å². The molecule has 2 fully saturated rings. The second kappa shape index (κ2) is 6.41. The van der Waals surface area contributed by atoms with Crippen LogP contribution < -0.4 is 4.74 Å². The van der Waals surface area contributed by atoms with Gasteiger partial charge in [0.25, 0.3) is 0 Å². The molecule has 6 nitrogen and oxygen atoms in total. The minimum absolute atomic E-state index is 0.167. The van der Waals surface area contributed by atoms with E-state index in [1.165, 1.54) is 0 Å². The molecule has 3 atom stereocenters. The maximum atomic E-state index is 12.2. The minimum Gasteiger partial charge on any atom is -0.473 e. The number of likely N-dealkylation sites (tertiary alicyclic amines) is 1. The Morgan fingerprint density at radius 1 is 1.22 bits per heavy atom. The number of rotatable bonds is 2. The quantitative estimate of drug-likeness (QED) is 0.674. The summed E-state index contributed by atoms with van der Waals surface area (Å²) < 4.78 is 12.2. The van der Waals surface area contributed by atoms with Crippen LogP contribution in [-0.2, 0) is 4.74 Å². The number of halogens is 1. The molecule has 23 heavy (non-hydrogen) atoms. The summed E-state index contributed by atoms with van der Waals surface area (Å²) in [6, 6.07) is 3.75. The third kappa shape index (κ3) is 4.24. The third-order valence-corrected chi connectivity index (χ3v) is 4.83. The van der Waals surface area contributed by atoms with Crippen molar-refractivity contribution in [3.05, 3.63) is 15.8 Å². The number of ether oxygens (including phenoxy) is 2. The number of nitrogens with zero attached hydrogens (tertiary/aromatic N) is 3. The molecule has 7 heteroatoms. The van der Waals surface area contributed by atoms with E-state index in [2.05, 4.69) is 32.8 Å². The van der Waals surface area contributed by atoms with Crippen molar-refractivity contribution in [3.8, 4) is 5.88 Å².